The van der Waals surface area contributed by atoms with E-state index in [-0.39, 0.29) is 6.09 Å². The molecular formula is C18H28INO3. The number of halogens is 1. The molecule has 0 aliphatic carbocycles. The van der Waals surface area contributed by atoms with Crippen molar-refractivity contribution in [1.29, 1.82) is 0 Å². The fourth-order valence-electron chi connectivity index (χ4n) is 1.96. The smallest absolute Gasteiger partial charge is 0.410 e. The Morgan fingerprint density at radius 3 is 2.30 bits per heavy atom. The fraction of sp³-hybridized carbons (Fsp3) is 0.611. The van der Waals surface area contributed by atoms with Gasteiger partial charge in [0.2, 0.25) is 0 Å². The van der Waals surface area contributed by atoms with Gasteiger partial charge < -0.3 is 14.4 Å². The van der Waals surface area contributed by atoms with Crippen LogP contribution in [0.2, 0.25) is 0 Å². The minimum atomic E-state index is -0.432. The van der Waals surface area contributed by atoms with Crippen LogP contribution < -0.4 is 4.74 Å². The Kier molecular flexibility index (Phi) is 8.73. The molecule has 0 N–H and O–H groups in total. The second kappa shape index (κ2) is 10.0. The van der Waals surface area contributed by atoms with Crippen molar-refractivity contribution < 1.29 is 14.3 Å². The zero-order valence-corrected chi connectivity index (χ0v) is 16.8. The molecule has 0 fully saturated rings. The van der Waals surface area contributed by atoms with Crippen molar-refractivity contribution in [2.75, 3.05) is 20.2 Å². The number of nitrogens with zero attached hydrogens (tertiary/aromatic N) is 1. The standard InChI is InChI=1S/C18H28INO3/c1-18(2,3)23-17(21)20(4)13-7-5-6-8-14-22-16-11-9-15(19)10-12-16/h9-12H,5-8,13-14H2,1-4H3. The molecular weight excluding hydrogens is 405 g/mol. The lowest BCUT2D eigenvalue weighted by Gasteiger charge is -2.24. The van der Waals surface area contributed by atoms with Crippen molar-refractivity contribution in [1.82, 2.24) is 4.90 Å². The molecule has 130 valence electrons. The van der Waals surface area contributed by atoms with Gasteiger partial charge in [0.1, 0.15) is 11.4 Å². The minimum Gasteiger partial charge on any atom is -0.494 e. The molecule has 0 aromatic heterocycles. The first-order chi connectivity index (χ1) is 10.8. The lowest BCUT2D eigenvalue weighted by molar-refractivity contribution is 0.0296. The van der Waals surface area contributed by atoms with E-state index in [9.17, 15) is 4.79 Å². The second-order valence-corrected chi connectivity index (χ2v) is 7.86. The molecule has 0 heterocycles. The lowest BCUT2D eigenvalue weighted by atomic mass is 10.2. The summed E-state index contributed by atoms with van der Waals surface area (Å²) < 4.78 is 12.2. The summed E-state index contributed by atoms with van der Waals surface area (Å²) in [6.45, 7) is 7.11. The highest BCUT2D eigenvalue weighted by Crippen LogP contribution is 2.14. The van der Waals surface area contributed by atoms with E-state index < -0.39 is 5.60 Å². The van der Waals surface area contributed by atoms with Crippen LogP contribution in [0.1, 0.15) is 46.5 Å². The normalized spacial score (nSPS) is 11.2. The second-order valence-electron chi connectivity index (χ2n) is 6.62. The van der Waals surface area contributed by atoms with E-state index in [4.69, 9.17) is 9.47 Å². The van der Waals surface area contributed by atoms with Crippen LogP contribution in [0.25, 0.3) is 0 Å². The first-order valence-electron chi connectivity index (χ1n) is 8.10. The van der Waals surface area contributed by atoms with Gasteiger partial charge in [0, 0.05) is 17.2 Å². The summed E-state index contributed by atoms with van der Waals surface area (Å²) in [7, 11) is 1.79. The van der Waals surface area contributed by atoms with Gasteiger partial charge in [-0.2, -0.15) is 0 Å². The summed E-state index contributed by atoms with van der Waals surface area (Å²) in [6.07, 6.45) is 3.96. The fourth-order valence-corrected chi connectivity index (χ4v) is 2.32. The molecule has 1 rings (SSSR count). The van der Waals surface area contributed by atoms with Crippen molar-refractivity contribution in [3.63, 3.8) is 0 Å². The van der Waals surface area contributed by atoms with Crippen LogP contribution in [0.3, 0.4) is 0 Å². The van der Waals surface area contributed by atoms with E-state index in [0.717, 1.165) is 44.6 Å². The van der Waals surface area contributed by atoms with Gasteiger partial charge in [-0.15, -0.1) is 0 Å². The number of ether oxygens (including phenoxy) is 2. The maximum atomic E-state index is 11.8. The summed E-state index contributed by atoms with van der Waals surface area (Å²) in [6, 6.07) is 8.08. The van der Waals surface area contributed by atoms with Crippen LogP contribution in [0.15, 0.2) is 24.3 Å². The van der Waals surface area contributed by atoms with Crippen LogP contribution in [0.4, 0.5) is 4.79 Å². The van der Waals surface area contributed by atoms with Crippen molar-refractivity contribution >= 4 is 28.7 Å². The quantitative estimate of drug-likeness (QED) is 0.423. The molecule has 0 aliphatic heterocycles. The highest BCUT2D eigenvalue weighted by Gasteiger charge is 2.18. The first-order valence-corrected chi connectivity index (χ1v) is 9.18. The summed E-state index contributed by atoms with van der Waals surface area (Å²) in [4.78, 5) is 13.4. The average molecular weight is 433 g/mol. The monoisotopic (exact) mass is 433 g/mol. The average Bonchev–Trinajstić information content (AvgIpc) is 2.46. The third-order valence-corrected chi connectivity index (χ3v) is 3.89. The number of benzene rings is 1. The van der Waals surface area contributed by atoms with Crippen LogP contribution in [-0.4, -0.2) is 36.8 Å². The van der Waals surface area contributed by atoms with E-state index in [2.05, 4.69) is 22.6 Å². The molecule has 0 saturated heterocycles. The number of hydrogen-bond acceptors (Lipinski definition) is 3. The molecule has 1 aromatic rings. The van der Waals surface area contributed by atoms with Gasteiger partial charge >= 0.3 is 6.09 Å². The van der Waals surface area contributed by atoms with Crippen molar-refractivity contribution in [3.8, 4) is 5.75 Å². The molecule has 0 aliphatic rings. The Bertz CT molecular complexity index is 468. The van der Waals surface area contributed by atoms with Gasteiger partial charge in [-0.1, -0.05) is 12.8 Å². The Balaban J connectivity index is 2.04. The largest absolute Gasteiger partial charge is 0.494 e. The first kappa shape index (κ1) is 20.1. The van der Waals surface area contributed by atoms with E-state index in [1.807, 2.05) is 45.0 Å². The van der Waals surface area contributed by atoms with E-state index in [1.54, 1.807) is 11.9 Å². The van der Waals surface area contributed by atoms with E-state index in [1.165, 1.54) is 3.57 Å². The summed E-state index contributed by atoms with van der Waals surface area (Å²) >= 11 is 2.28. The maximum absolute atomic E-state index is 11.8. The Hall–Kier alpha value is -0.980. The van der Waals surface area contributed by atoms with Crippen LogP contribution in [-0.2, 0) is 4.74 Å². The summed E-state index contributed by atoms with van der Waals surface area (Å²) in [5.74, 6) is 0.926. The van der Waals surface area contributed by atoms with Gasteiger partial charge in [0.25, 0.3) is 0 Å². The predicted molar refractivity (Wildman–Crippen MR) is 102 cm³/mol. The van der Waals surface area contributed by atoms with Gasteiger partial charge in [-0.05, 0) is 80.5 Å². The highest BCUT2D eigenvalue weighted by atomic mass is 127. The van der Waals surface area contributed by atoms with Crippen LogP contribution in [0.5, 0.6) is 5.75 Å². The molecule has 0 saturated carbocycles. The predicted octanol–water partition coefficient (Wildman–Crippen LogP) is 5.10. The maximum Gasteiger partial charge on any atom is 0.410 e. The van der Waals surface area contributed by atoms with Crippen LogP contribution >= 0.6 is 22.6 Å². The van der Waals surface area contributed by atoms with Crippen LogP contribution in [0, 0.1) is 3.57 Å². The Morgan fingerprint density at radius 2 is 1.70 bits per heavy atom. The number of rotatable bonds is 8. The Labute approximate surface area is 153 Å². The van der Waals surface area contributed by atoms with Gasteiger partial charge in [0.05, 0.1) is 6.61 Å². The number of carbonyl (C=O) groups excluding carboxylic acids is 1. The van der Waals surface area contributed by atoms with Crippen molar-refractivity contribution in [2.45, 2.75) is 52.1 Å². The molecule has 1 aromatic carbocycles. The van der Waals surface area contributed by atoms with Gasteiger partial charge in [-0.3, -0.25) is 0 Å². The molecule has 0 atom stereocenters. The van der Waals surface area contributed by atoms with Crippen molar-refractivity contribution in [3.05, 3.63) is 27.8 Å². The third kappa shape index (κ3) is 9.69. The van der Waals surface area contributed by atoms with E-state index in [0.29, 0.717) is 0 Å². The molecule has 1 amide bonds. The molecule has 0 unspecified atom stereocenters. The topological polar surface area (TPSA) is 38.8 Å². The Morgan fingerprint density at radius 1 is 1.09 bits per heavy atom. The SMILES string of the molecule is CN(CCCCCCOc1ccc(I)cc1)C(=O)OC(C)(C)C. The van der Waals surface area contributed by atoms with Gasteiger partial charge in [0.15, 0.2) is 0 Å². The number of carbonyl (C=O) groups is 1. The highest BCUT2D eigenvalue weighted by molar-refractivity contribution is 14.1. The molecule has 4 nitrogen and oxygen atoms in total. The summed E-state index contributed by atoms with van der Waals surface area (Å²) in [5.41, 5.74) is -0.432. The van der Waals surface area contributed by atoms with Gasteiger partial charge in [-0.25, -0.2) is 4.79 Å². The number of hydrogen-bond donors (Lipinski definition) is 0. The molecule has 0 radical (unpaired) electrons. The molecule has 23 heavy (non-hydrogen) atoms. The zero-order valence-electron chi connectivity index (χ0n) is 14.6. The van der Waals surface area contributed by atoms with Crippen molar-refractivity contribution in [2.24, 2.45) is 0 Å². The zero-order chi connectivity index (χ0) is 17.3. The lowest BCUT2D eigenvalue weighted by Crippen LogP contribution is -2.34. The van der Waals surface area contributed by atoms with E-state index >= 15 is 0 Å². The summed E-state index contributed by atoms with van der Waals surface area (Å²) in [5, 5.41) is 0. The number of unbranched alkanes of at least 4 members (excludes halogenated alkanes) is 3. The molecule has 5 heteroatoms. The number of amides is 1. The minimum absolute atomic E-state index is 0.250. The molecule has 0 bridgehead atoms. The third-order valence-electron chi connectivity index (χ3n) is 3.18. The molecule has 0 spiro atoms.